The Morgan fingerprint density at radius 2 is 2.26 bits per heavy atom. The molecule has 0 radical (unpaired) electrons. The van der Waals surface area contributed by atoms with Crippen molar-refractivity contribution in [3.8, 4) is 5.75 Å². The van der Waals surface area contributed by atoms with Crippen molar-refractivity contribution < 1.29 is 9.47 Å². The second kappa shape index (κ2) is 7.51. The molecule has 0 saturated carbocycles. The van der Waals surface area contributed by atoms with Crippen molar-refractivity contribution in [1.29, 1.82) is 0 Å². The van der Waals surface area contributed by atoms with Gasteiger partial charge in [0.1, 0.15) is 5.75 Å². The summed E-state index contributed by atoms with van der Waals surface area (Å²) < 4.78 is 11.5. The van der Waals surface area contributed by atoms with Crippen LogP contribution in [-0.4, -0.2) is 25.8 Å². The van der Waals surface area contributed by atoms with Gasteiger partial charge >= 0.3 is 0 Å². The van der Waals surface area contributed by atoms with E-state index in [-0.39, 0.29) is 6.10 Å². The third kappa shape index (κ3) is 4.22. The molecule has 106 valence electrons. The summed E-state index contributed by atoms with van der Waals surface area (Å²) in [4.78, 5) is 0. The van der Waals surface area contributed by atoms with Gasteiger partial charge in [-0.15, -0.1) is 0 Å². The van der Waals surface area contributed by atoms with Crippen LogP contribution in [0.1, 0.15) is 44.8 Å². The van der Waals surface area contributed by atoms with Crippen LogP contribution in [0.3, 0.4) is 0 Å². The van der Waals surface area contributed by atoms with Gasteiger partial charge in [-0.2, -0.15) is 0 Å². The fraction of sp³-hybridized carbons (Fsp3) is 0.625. The largest absolute Gasteiger partial charge is 0.494 e. The Labute approximate surface area is 116 Å². The molecule has 2 unspecified atom stereocenters. The van der Waals surface area contributed by atoms with Crippen molar-refractivity contribution in [1.82, 2.24) is 5.32 Å². The molecule has 1 saturated heterocycles. The fourth-order valence-electron chi connectivity index (χ4n) is 2.53. The molecule has 1 N–H and O–H groups in total. The molecule has 1 fully saturated rings. The Bertz CT molecular complexity index is 381. The van der Waals surface area contributed by atoms with Gasteiger partial charge in [0, 0.05) is 12.6 Å². The van der Waals surface area contributed by atoms with Crippen molar-refractivity contribution in [3.63, 3.8) is 0 Å². The lowest BCUT2D eigenvalue weighted by atomic mass is 9.97. The molecule has 1 heterocycles. The van der Waals surface area contributed by atoms with Crippen LogP contribution in [0.2, 0.25) is 0 Å². The maximum atomic E-state index is 5.91. The van der Waals surface area contributed by atoms with Crippen LogP contribution < -0.4 is 10.1 Å². The first-order chi connectivity index (χ1) is 9.33. The van der Waals surface area contributed by atoms with E-state index in [2.05, 4.69) is 24.4 Å². The molecule has 2 rings (SSSR count). The van der Waals surface area contributed by atoms with Crippen LogP contribution in [0.5, 0.6) is 5.75 Å². The van der Waals surface area contributed by atoms with Crippen LogP contribution in [0.15, 0.2) is 24.3 Å². The molecule has 1 aliphatic heterocycles. The topological polar surface area (TPSA) is 30.5 Å². The highest BCUT2D eigenvalue weighted by molar-refractivity contribution is 5.30. The Hall–Kier alpha value is -1.06. The van der Waals surface area contributed by atoms with Gasteiger partial charge in [-0.25, -0.2) is 0 Å². The Morgan fingerprint density at radius 1 is 1.37 bits per heavy atom. The smallest absolute Gasteiger partial charge is 0.119 e. The lowest BCUT2D eigenvalue weighted by Gasteiger charge is -2.30. The number of hydrogen-bond acceptors (Lipinski definition) is 3. The van der Waals surface area contributed by atoms with Gasteiger partial charge in [0.25, 0.3) is 0 Å². The van der Waals surface area contributed by atoms with Gasteiger partial charge < -0.3 is 14.8 Å². The van der Waals surface area contributed by atoms with Crippen LogP contribution in [0.4, 0.5) is 0 Å². The standard InChI is InChI=1S/C16H25NO2/c1-3-9-17-14-8-10-19-16(12-14)13-6-5-7-15(11-13)18-4-2/h5-7,11,14,16-17H,3-4,8-10,12H2,1-2H3. The summed E-state index contributed by atoms with van der Waals surface area (Å²) in [6, 6.07) is 8.87. The van der Waals surface area contributed by atoms with Crippen LogP contribution >= 0.6 is 0 Å². The van der Waals surface area contributed by atoms with E-state index < -0.39 is 0 Å². The van der Waals surface area contributed by atoms with Gasteiger partial charge in [-0.3, -0.25) is 0 Å². The first kappa shape index (κ1) is 14.4. The number of nitrogens with one attached hydrogen (secondary N) is 1. The normalized spacial score (nSPS) is 23.3. The summed E-state index contributed by atoms with van der Waals surface area (Å²) in [5.74, 6) is 0.937. The van der Waals surface area contributed by atoms with Crippen molar-refractivity contribution in [3.05, 3.63) is 29.8 Å². The third-order valence-corrected chi connectivity index (χ3v) is 3.51. The summed E-state index contributed by atoms with van der Waals surface area (Å²) >= 11 is 0. The molecule has 0 aliphatic carbocycles. The van der Waals surface area contributed by atoms with Crippen LogP contribution in [0, 0.1) is 0 Å². The van der Waals surface area contributed by atoms with Gasteiger partial charge in [-0.1, -0.05) is 19.1 Å². The van der Waals surface area contributed by atoms with E-state index in [0.717, 1.165) is 31.7 Å². The maximum absolute atomic E-state index is 5.91. The van der Waals surface area contributed by atoms with Crippen molar-refractivity contribution >= 4 is 0 Å². The van der Waals surface area contributed by atoms with Crippen molar-refractivity contribution in [2.45, 2.75) is 45.3 Å². The number of benzene rings is 1. The average molecular weight is 263 g/mol. The van der Waals surface area contributed by atoms with E-state index in [0.29, 0.717) is 12.6 Å². The minimum atomic E-state index is 0.198. The Kier molecular flexibility index (Phi) is 5.67. The summed E-state index contributed by atoms with van der Waals surface area (Å²) in [5, 5.41) is 3.60. The lowest BCUT2D eigenvalue weighted by Crippen LogP contribution is -2.36. The van der Waals surface area contributed by atoms with E-state index >= 15 is 0 Å². The molecular formula is C16H25NO2. The summed E-state index contributed by atoms with van der Waals surface area (Å²) in [6.07, 6.45) is 3.54. The summed E-state index contributed by atoms with van der Waals surface area (Å²) in [7, 11) is 0. The van der Waals surface area contributed by atoms with Crippen LogP contribution in [0.25, 0.3) is 0 Å². The van der Waals surface area contributed by atoms with E-state index in [9.17, 15) is 0 Å². The van der Waals surface area contributed by atoms with Gasteiger partial charge in [0.2, 0.25) is 0 Å². The van der Waals surface area contributed by atoms with E-state index in [1.807, 2.05) is 19.1 Å². The van der Waals surface area contributed by atoms with Crippen LogP contribution in [-0.2, 0) is 4.74 Å². The molecular weight excluding hydrogens is 238 g/mol. The highest BCUT2D eigenvalue weighted by Crippen LogP contribution is 2.30. The molecule has 0 amide bonds. The first-order valence-corrected chi connectivity index (χ1v) is 7.41. The minimum absolute atomic E-state index is 0.198. The highest BCUT2D eigenvalue weighted by Gasteiger charge is 2.23. The molecule has 1 aromatic carbocycles. The summed E-state index contributed by atoms with van der Waals surface area (Å²) in [5.41, 5.74) is 1.23. The molecule has 19 heavy (non-hydrogen) atoms. The van der Waals surface area contributed by atoms with E-state index in [4.69, 9.17) is 9.47 Å². The second-order valence-electron chi connectivity index (χ2n) is 5.04. The molecule has 0 aromatic heterocycles. The van der Waals surface area contributed by atoms with E-state index in [1.54, 1.807) is 0 Å². The number of hydrogen-bond donors (Lipinski definition) is 1. The SMILES string of the molecule is CCCNC1CCOC(c2cccc(OCC)c2)C1. The zero-order valence-corrected chi connectivity index (χ0v) is 12.0. The molecule has 3 nitrogen and oxygen atoms in total. The Balaban J connectivity index is 1.98. The predicted octanol–water partition coefficient (Wildman–Crippen LogP) is 3.31. The van der Waals surface area contributed by atoms with Crippen molar-refractivity contribution in [2.75, 3.05) is 19.8 Å². The molecule has 0 bridgehead atoms. The monoisotopic (exact) mass is 263 g/mol. The van der Waals surface area contributed by atoms with Gasteiger partial charge in [-0.05, 0) is 50.4 Å². The molecule has 0 spiro atoms. The zero-order chi connectivity index (χ0) is 13.5. The minimum Gasteiger partial charge on any atom is -0.494 e. The summed E-state index contributed by atoms with van der Waals surface area (Å²) in [6.45, 7) is 6.85. The maximum Gasteiger partial charge on any atom is 0.119 e. The quantitative estimate of drug-likeness (QED) is 0.854. The highest BCUT2D eigenvalue weighted by atomic mass is 16.5. The average Bonchev–Trinajstić information content (AvgIpc) is 2.46. The lowest BCUT2D eigenvalue weighted by molar-refractivity contribution is 0.000237. The number of rotatable bonds is 6. The second-order valence-corrected chi connectivity index (χ2v) is 5.04. The zero-order valence-electron chi connectivity index (χ0n) is 12.0. The molecule has 1 aliphatic rings. The third-order valence-electron chi connectivity index (χ3n) is 3.51. The fourth-order valence-corrected chi connectivity index (χ4v) is 2.53. The van der Waals surface area contributed by atoms with Crippen molar-refractivity contribution in [2.24, 2.45) is 0 Å². The molecule has 2 atom stereocenters. The Morgan fingerprint density at radius 3 is 3.05 bits per heavy atom. The van der Waals surface area contributed by atoms with Gasteiger partial charge in [0.05, 0.1) is 12.7 Å². The predicted molar refractivity (Wildman–Crippen MR) is 77.6 cm³/mol. The molecule has 1 aromatic rings. The van der Waals surface area contributed by atoms with Gasteiger partial charge in [0.15, 0.2) is 0 Å². The van der Waals surface area contributed by atoms with E-state index in [1.165, 1.54) is 12.0 Å². The number of ether oxygens (including phenoxy) is 2. The first-order valence-electron chi connectivity index (χ1n) is 7.41. The molecule has 3 heteroatoms.